The van der Waals surface area contributed by atoms with E-state index in [-0.39, 0.29) is 6.54 Å². The van der Waals surface area contributed by atoms with Gasteiger partial charge in [-0.05, 0) is 24.6 Å². The average molecular weight is 319 g/mol. The lowest BCUT2D eigenvalue weighted by molar-refractivity contribution is -0.192. The van der Waals surface area contributed by atoms with Crippen molar-refractivity contribution in [2.75, 3.05) is 18.7 Å². The SMILES string of the molecule is CON1CC(C)(OC(C)=O)Oc2c1ccc1c(C)cc(=O)oc21. The fraction of sp³-hybridized carbons (Fsp3) is 0.375. The lowest BCUT2D eigenvalue weighted by atomic mass is 10.1. The van der Waals surface area contributed by atoms with Crippen molar-refractivity contribution in [1.82, 2.24) is 0 Å². The zero-order chi connectivity index (χ0) is 16.8. The molecule has 1 aromatic carbocycles. The van der Waals surface area contributed by atoms with Gasteiger partial charge in [0.25, 0.3) is 5.79 Å². The summed E-state index contributed by atoms with van der Waals surface area (Å²) in [5, 5.41) is 2.27. The number of hydrogen-bond donors (Lipinski definition) is 0. The summed E-state index contributed by atoms with van der Waals surface area (Å²) in [5.74, 6) is -1.43. The Morgan fingerprint density at radius 1 is 1.39 bits per heavy atom. The summed E-state index contributed by atoms with van der Waals surface area (Å²) >= 11 is 0. The highest BCUT2D eigenvalue weighted by Crippen LogP contribution is 2.43. The minimum absolute atomic E-state index is 0.178. The summed E-state index contributed by atoms with van der Waals surface area (Å²) in [6.45, 7) is 4.91. The number of carbonyl (C=O) groups is 1. The third-order valence-electron chi connectivity index (χ3n) is 3.65. The van der Waals surface area contributed by atoms with Crippen LogP contribution in [-0.4, -0.2) is 25.4 Å². The van der Waals surface area contributed by atoms with E-state index in [0.717, 1.165) is 10.9 Å². The minimum Gasteiger partial charge on any atom is -0.444 e. The largest absolute Gasteiger partial charge is 0.444 e. The lowest BCUT2D eigenvalue weighted by Gasteiger charge is -2.40. The number of nitrogens with zero attached hydrogens (tertiary/aromatic N) is 1. The van der Waals surface area contributed by atoms with Gasteiger partial charge in [0.1, 0.15) is 12.2 Å². The molecule has 0 saturated carbocycles. The van der Waals surface area contributed by atoms with Gasteiger partial charge in [-0.1, -0.05) is 0 Å². The molecule has 23 heavy (non-hydrogen) atoms. The van der Waals surface area contributed by atoms with Crippen LogP contribution in [0.1, 0.15) is 19.4 Å². The number of fused-ring (bicyclic) bond motifs is 3. The van der Waals surface area contributed by atoms with Gasteiger partial charge in [-0.2, -0.15) is 0 Å². The first-order chi connectivity index (χ1) is 10.8. The molecule has 0 fully saturated rings. The number of rotatable bonds is 2. The van der Waals surface area contributed by atoms with Crippen LogP contribution in [0.3, 0.4) is 0 Å². The van der Waals surface area contributed by atoms with E-state index in [9.17, 15) is 9.59 Å². The number of carbonyl (C=O) groups excluding carboxylic acids is 1. The zero-order valence-corrected chi connectivity index (χ0v) is 13.3. The molecule has 1 aliphatic heterocycles. The third-order valence-corrected chi connectivity index (χ3v) is 3.65. The van der Waals surface area contributed by atoms with Gasteiger partial charge in [0, 0.05) is 25.3 Å². The molecule has 0 N–H and O–H groups in total. The molecule has 0 aliphatic carbocycles. The van der Waals surface area contributed by atoms with Gasteiger partial charge in [-0.15, -0.1) is 0 Å². The summed E-state index contributed by atoms with van der Waals surface area (Å²) in [6.07, 6.45) is 0. The molecule has 1 atom stereocenters. The van der Waals surface area contributed by atoms with Crippen molar-refractivity contribution in [2.45, 2.75) is 26.6 Å². The summed E-state index contributed by atoms with van der Waals surface area (Å²) in [4.78, 5) is 28.4. The van der Waals surface area contributed by atoms with E-state index in [4.69, 9.17) is 18.7 Å². The molecule has 0 bridgehead atoms. The van der Waals surface area contributed by atoms with Crippen LogP contribution in [0.4, 0.5) is 5.69 Å². The van der Waals surface area contributed by atoms with Gasteiger partial charge >= 0.3 is 11.6 Å². The van der Waals surface area contributed by atoms with Crippen molar-refractivity contribution < 1.29 is 23.5 Å². The molecule has 122 valence electrons. The Morgan fingerprint density at radius 3 is 2.78 bits per heavy atom. The molecule has 0 spiro atoms. The molecular formula is C16H17NO6. The van der Waals surface area contributed by atoms with Crippen LogP contribution < -0.4 is 15.4 Å². The number of anilines is 1. The van der Waals surface area contributed by atoms with Crippen LogP contribution in [0.2, 0.25) is 0 Å². The second kappa shape index (κ2) is 5.27. The van der Waals surface area contributed by atoms with Gasteiger partial charge in [-0.25, -0.2) is 9.86 Å². The van der Waals surface area contributed by atoms with E-state index in [0.29, 0.717) is 17.0 Å². The minimum atomic E-state index is -1.26. The summed E-state index contributed by atoms with van der Waals surface area (Å²) < 4.78 is 16.5. The molecule has 0 amide bonds. The normalized spacial score (nSPS) is 20.1. The first-order valence-corrected chi connectivity index (χ1v) is 7.11. The van der Waals surface area contributed by atoms with Crippen molar-refractivity contribution in [2.24, 2.45) is 0 Å². The molecule has 7 nitrogen and oxygen atoms in total. The number of ether oxygens (including phenoxy) is 2. The Kier molecular flexibility index (Phi) is 3.52. The van der Waals surface area contributed by atoms with Crippen molar-refractivity contribution in [3.63, 3.8) is 0 Å². The predicted octanol–water partition coefficient (Wildman–Crippen LogP) is 2.14. The molecule has 3 rings (SSSR count). The molecule has 1 aliphatic rings. The Morgan fingerprint density at radius 2 is 2.13 bits per heavy atom. The maximum Gasteiger partial charge on any atom is 0.336 e. The van der Waals surface area contributed by atoms with Gasteiger partial charge in [-0.3, -0.25) is 9.63 Å². The Balaban J connectivity index is 2.24. The molecular weight excluding hydrogens is 302 g/mol. The van der Waals surface area contributed by atoms with Gasteiger partial charge in [0.15, 0.2) is 11.3 Å². The van der Waals surface area contributed by atoms with Crippen LogP contribution in [0.15, 0.2) is 27.4 Å². The second-order valence-corrected chi connectivity index (χ2v) is 5.59. The molecule has 1 unspecified atom stereocenters. The van der Waals surface area contributed by atoms with Crippen molar-refractivity contribution in [1.29, 1.82) is 0 Å². The molecule has 0 saturated heterocycles. The van der Waals surface area contributed by atoms with Crippen molar-refractivity contribution >= 4 is 22.6 Å². The Bertz CT molecular complexity index is 842. The van der Waals surface area contributed by atoms with Crippen LogP contribution in [0, 0.1) is 6.92 Å². The van der Waals surface area contributed by atoms with Gasteiger partial charge < -0.3 is 13.9 Å². The number of aryl methyl sites for hydroxylation is 1. The summed E-state index contributed by atoms with van der Waals surface area (Å²) in [7, 11) is 1.50. The standard InChI is InChI=1S/C16H17NO6/c1-9-7-13(19)21-14-11(9)5-6-12-15(14)23-16(3,22-10(2)18)8-17(12)20-4/h5-7H,8H2,1-4H3. The molecule has 0 radical (unpaired) electrons. The Labute approximate surface area is 132 Å². The van der Waals surface area contributed by atoms with Gasteiger partial charge in [0.2, 0.25) is 0 Å². The van der Waals surface area contributed by atoms with Crippen LogP contribution >= 0.6 is 0 Å². The van der Waals surface area contributed by atoms with Crippen molar-refractivity contribution in [3.8, 4) is 5.75 Å². The fourth-order valence-electron chi connectivity index (χ4n) is 2.76. The summed E-state index contributed by atoms with van der Waals surface area (Å²) in [6, 6.07) is 5.05. The highest BCUT2D eigenvalue weighted by molar-refractivity contribution is 5.91. The van der Waals surface area contributed by atoms with E-state index in [1.54, 1.807) is 6.92 Å². The molecule has 2 aromatic rings. The van der Waals surface area contributed by atoms with Crippen molar-refractivity contribution in [3.05, 3.63) is 34.2 Å². The highest BCUT2D eigenvalue weighted by atomic mass is 16.7. The van der Waals surface area contributed by atoms with Crippen LogP contribution in [0.25, 0.3) is 11.0 Å². The average Bonchev–Trinajstić information content (AvgIpc) is 2.45. The number of hydrogen-bond acceptors (Lipinski definition) is 7. The fourth-order valence-corrected chi connectivity index (χ4v) is 2.76. The number of benzene rings is 1. The predicted molar refractivity (Wildman–Crippen MR) is 82.4 cm³/mol. The topological polar surface area (TPSA) is 78.2 Å². The Hall–Kier alpha value is -2.54. The maximum absolute atomic E-state index is 11.7. The number of esters is 1. The highest BCUT2D eigenvalue weighted by Gasteiger charge is 2.40. The second-order valence-electron chi connectivity index (χ2n) is 5.59. The van der Waals surface area contributed by atoms with Crippen LogP contribution in [0.5, 0.6) is 5.75 Å². The number of hydroxylamine groups is 1. The van der Waals surface area contributed by atoms with E-state index < -0.39 is 17.4 Å². The summed E-state index contributed by atoms with van der Waals surface area (Å²) in [5.41, 5.74) is 1.19. The third kappa shape index (κ3) is 2.63. The lowest BCUT2D eigenvalue weighted by Crippen LogP contribution is -2.51. The van der Waals surface area contributed by atoms with E-state index in [1.165, 1.54) is 25.2 Å². The first-order valence-electron chi connectivity index (χ1n) is 7.11. The first kappa shape index (κ1) is 15.4. The van der Waals surface area contributed by atoms with Crippen LogP contribution in [-0.2, 0) is 14.4 Å². The quantitative estimate of drug-likeness (QED) is 0.620. The van der Waals surface area contributed by atoms with Gasteiger partial charge in [0.05, 0.1) is 7.11 Å². The zero-order valence-electron chi connectivity index (χ0n) is 13.3. The monoisotopic (exact) mass is 319 g/mol. The van der Waals surface area contributed by atoms with E-state index >= 15 is 0 Å². The van der Waals surface area contributed by atoms with E-state index in [2.05, 4.69) is 0 Å². The van der Waals surface area contributed by atoms with E-state index in [1.807, 2.05) is 19.1 Å². The molecule has 2 heterocycles. The maximum atomic E-state index is 11.7. The molecule has 7 heteroatoms. The smallest absolute Gasteiger partial charge is 0.336 e. The molecule has 1 aromatic heterocycles.